The van der Waals surface area contributed by atoms with Crippen molar-refractivity contribution in [3.05, 3.63) is 46.5 Å². The van der Waals surface area contributed by atoms with Gasteiger partial charge in [0.15, 0.2) is 11.6 Å². The first-order valence-electron chi connectivity index (χ1n) is 5.12. The Hall–Kier alpha value is -1.43. The summed E-state index contributed by atoms with van der Waals surface area (Å²) in [5.74, 6) is 1.20. The van der Waals surface area contributed by atoms with E-state index in [4.69, 9.17) is 22.1 Å². The summed E-state index contributed by atoms with van der Waals surface area (Å²) in [4.78, 5) is 4.25. The molecule has 17 heavy (non-hydrogen) atoms. The second-order valence-corrected chi connectivity index (χ2v) is 4.04. The summed E-state index contributed by atoms with van der Waals surface area (Å²) in [5.41, 5.74) is 6.96. The second-order valence-electron chi connectivity index (χ2n) is 3.60. The molecule has 1 atom stereocenters. The summed E-state index contributed by atoms with van der Waals surface area (Å²) in [6, 6.07) is 6.94. The third kappa shape index (κ3) is 2.82. The predicted molar refractivity (Wildman–Crippen MR) is 64.6 cm³/mol. The molecule has 0 bridgehead atoms. The summed E-state index contributed by atoms with van der Waals surface area (Å²) in [6.45, 7) is 0.389. The molecule has 1 heterocycles. The molecule has 2 rings (SSSR count). The number of halogens is 1. The van der Waals surface area contributed by atoms with Crippen LogP contribution in [0.1, 0.15) is 23.3 Å². The van der Waals surface area contributed by atoms with E-state index in [-0.39, 0.29) is 6.04 Å². The highest BCUT2D eigenvalue weighted by atomic mass is 35.5. The quantitative estimate of drug-likeness (QED) is 0.868. The Bertz CT molecular complexity index is 482. The number of ether oxygens (including phenoxy) is 1. The zero-order valence-electron chi connectivity index (χ0n) is 9.35. The molecule has 0 saturated heterocycles. The Kier molecular flexibility index (Phi) is 3.73. The van der Waals surface area contributed by atoms with Crippen LogP contribution in [-0.2, 0) is 11.3 Å². The molecule has 0 amide bonds. The summed E-state index contributed by atoms with van der Waals surface area (Å²) < 4.78 is 4.95. The van der Waals surface area contributed by atoms with Crippen LogP contribution in [0.25, 0.3) is 0 Å². The smallest absolute Gasteiger partial charge is 0.171 e. The number of nitrogens with zero attached hydrogens (tertiary/aromatic N) is 2. The normalized spacial score (nSPS) is 12.6. The SMILES string of the molecule is COCc1nc([C@H](N)c2ccc(Cl)cc2)n[nH]1. The van der Waals surface area contributed by atoms with Crippen LogP contribution in [0, 0.1) is 0 Å². The van der Waals surface area contributed by atoms with Crippen molar-refractivity contribution in [3.8, 4) is 0 Å². The van der Waals surface area contributed by atoms with Crippen LogP contribution in [0.3, 0.4) is 0 Å². The van der Waals surface area contributed by atoms with E-state index in [1.54, 1.807) is 19.2 Å². The number of aromatic nitrogens is 3. The maximum atomic E-state index is 6.05. The molecule has 0 saturated carbocycles. The van der Waals surface area contributed by atoms with Crippen LogP contribution in [0.2, 0.25) is 5.02 Å². The van der Waals surface area contributed by atoms with Crippen LogP contribution in [0.15, 0.2) is 24.3 Å². The average molecular weight is 253 g/mol. The van der Waals surface area contributed by atoms with Gasteiger partial charge in [0.2, 0.25) is 0 Å². The molecule has 1 aromatic heterocycles. The Morgan fingerprint density at radius 1 is 1.41 bits per heavy atom. The lowest BCUT2D eigenvalue weighted by Crippen LogP contribution is -2.13. The molecular weight excluding hydrogens is 240 g/mol. The molecule has 0 aliphatic rings. The number of benzene rings is 1. The first-order chi connectivity index (χ1) is 8.20. The molecule has 5 nitrogen and oxygen atoms in total. The van der Waals surface area contributed by atoms with Gasteiger partial charge in [-0.1, -0.05) is 23.7 Å². The second kappa shape index (κ2) is 5.27. The molecule has 0 radical (unpaired) electrons. The van der Waals surface area contributed by atoms with Crippen LogP contribution >= 0.6 is 11.6 Å². The van der Waals surface area contributed by atoms with Gasteiger partial charge in [-0.2, -0.15) is 5.10 Å². The highest BCUT2D eigenvalue weighted by molar-refractivity contribution is 6.30. The van der Waals surface area contributed by atoms with E-state index >= 15 is 0 Å². The Morgan fingerprint density at radius 2 is 2.12 bits per heavy atom. The fourth-order valence-corrected chi connectivity index (χ4v) is 1.60. The van der Waals surface area contributed by atoms with E-state index < -0.39 is 0 Å². The molecular formula is C11H13ClN4O. The maximum absolute atomic E-state index is 6.05. The molecule has 0 unspecified atom stereocenters. The van der Waals surface area contributed by atoms with Gasteiger partial charge in [-0.15, -0.1) is 0 Å². The lowest BCUT2D eigenvalue weighted by molar-refractivity contribution is 0.178. The van der Waals surface area contributed by atoms with Gasteiger partial charge < -0.3 is 10.5 Å². The van der Waals surface area contributed by atoms with E-state index in [9.17, 15) is 0 Å². The maximum Gasteiger partial charge on any atom is 0.171 e. The largest absolute Gasteiger partial charge is 0.377 e. The number of hydrogen-bond donors (Lipinski definition) is 2. The number of H-pyrrole nitrogens is 1. The van der Waals surface area contributed by atoms with Crippen molar-refractivity contribution in [2.75, 3.05) is 7.11 Å². The first kappa shape index (κ1) is 12.0. The lowest BCUT2D eigenvalue weighted by Gasteiger charge is -2.07. The fourth-order valence-electron chi connectivity index (χ4n) is 1.47. The van der Waals surface area contributed by atoms with Gasteiger partial charge in [0.1, 0.15) is 6.61 Å². The third-order valence-corrected chi connectivity index (χ3v) is 2.59. The average Bonchev–Trinajstić information content (AvgIpc) is 2.78. The van der Waals surface area contributed by atoms with Crippen molar-refractivity contribution in [1.29, 1.82) is 0 Å². The molecule has 3 N–H and O–H groups in total. The summed E-state index contributed by atoms with van der Waals surface area (Å²) >= 11 is 5.81. The molecule has 0 spiro atoms. The highest BCUT2D eigenvalue weighted by Gasteiger charge is 2.14. The van der Waals surface area contributed by atoms with Crippen LogP contribution in [0.5, 0.6) is 0 Å². The summed E-state index contributed by atoms with van der Waals surface area (Å²) in [6.07, 6.45) is 0. The van der Waals surface area contributed by atoms with E-state index in [0.29, 0.717) is 23.3 Å². The van der Waals surface area contributed by atoms with Crippen LogP contribution in [-0.4, -0.2) is 22.3 Å². The predicted octanol–water partition coefficient (Wildman–Crippen LogP) is 1.65. The summed E-state index contributed by atoms with van der Waals surface area (Å²) in [7, 11) is 1.60. The van der Waals surface area contributed by atoms with Crippen molar-refractivity contribution >= 4 is 11.6 Å². The van der Waals surface area contributed by atoms with Gasteiger partial charge in [0.25, 0.3) is 0 Å². The molecule has 0 aliphatic heterocycles. The minimum absolute atomic E-state index is 0.367. The Balaban J connectivity index is 2.18. The van der Waals surface area contributed by atoms with Gasteiger partial charge in [0.05, 0.1) is 6.04 Å². The minimum atomic E-state index is -0.367. The van der Waals surface area contributed by atoms with Crippen molar-refractivity contribution < 1.29 is 4.74 Å². The zero-order chi connectivity index (χ0) is 12.3. The lowest BCUT2D eigenvalue weighted by atomic mass is 10.1. The molecule has 0 aliphatic carbocycles. The minimum Gasteiger partial charge on any atom is -0.377 e. The Labute approximate surface area is 104 Å². The molecule has 0 fully saturated rings. The number of rotatable bonds is 4. The number of aromatic amines is 1. The fraction of sp³-hybridized carbons (Fsp3) is 0.273. The van der Waals surface area contributed by atoms with Crippen molar-refractivity contribution in [3.63, 3.8) is 0 Å². The number of nitrogens with one attached hydrogen (secondary N) is 1. The Morgan fingerprint density at radius 3 is 2.76 bits per heavy atom. The summed E-state index contributed by atoms with van der Waals surface area (Å²) in [5, 5.41) is 7.51. The van der Waals surface area contributed by atoms with Gasteiger partial charge in [-0.3, -0.25) is 5.10 Å². The number of hydrogen-bond acceptors (Lipinski definition) is 4. The van der Waals surface area contributed by atoms with Crippen molar-refractivity contribution in [1.82, 2.24) is 15.2 Å². The molecule has 2 aromatic rings. The standard InChI is InChI=1S/C11H13ClN4O/c1-17-6-9-14-11(16-15-9)10(13)7-2-4-8(12)5-3-7/h2-5,10H,6,13H2,1H3,(H,14,15,16)/t10-/m1/s1. The van der Waals surface area contributed by atoms with Crippen LogP contribution in [0.4, 0.5) is 0 Å². The molecule has 6 heteroatoms. The van der Waals surface area contributed by atoms with E-state index in [0.717, 1.165) is 5.56 Å². The number of nitrogens with two attached hydrogens (primary N) is 1. The van der Waals surface area contributed by atoms with Crippen molar-refractivity contribution in [2.24, 2.45) is 5.73 Å². The van der Waals surface area contributed by atoms with Gasteiger partial charge in [0, 0.05) is 12.1 Å². The topological polar surface area (TPSA) is 76.8 Å². The first-order valence-corrected chi connectivity index (χ1v) is 5.49. The molecule has 1 aromatic carbocycles. The van der Waals surface area contributed by atoms with Crippen molar-refractivity contribution in [2.45, 2.75) is 12.6 Å². The monoisotopic (exact) mass is 252 g/mol. The number of methoxy groups -OCH3 is 1. The third-order valence-electron chi connectivity index (χ3n) is 2.34. The van der Waals surface area contributed by atoms with E-state index in [2.05, 4.69) is 15.2 Å². The van der Waals surface area contributed by atoms with Gasteiger partial charge >= 0.3 is 0 Å². The zero-order valence-corrected chi connectivity index (χ0v) is 10.1. The van der Waals surface area contributed by atoms with Gasteiger partial charge in [-0.25, -0.2) is 4.98 Å². The van der Waals surface area contributed by atoms with E-state index in [1.165, 1.54) is 0 Å². The molecule has 90 valence electrons. The van der Waals surface area contributed by atoms with Gasteiger partial charge in [-0.05, 0) is 17.7 Å². The van der Waals surface area contributed by atoms with E-state index in [1.807, 2.05) is 12.1 Å². The highest BCUT2D eigenvalue weighted by Crippen LogP contribution is 2.18. The van der Waals surface area contributed by atoms with Crippen LogP contribution < -0.4 is 5.73 Å².